The largest absolute Gasteiger partial charge is 0.490 e. The van der Waals surface area contributed by atoms with E-state index in [9.17, 15) is 4.79 Å². The number of anilines is 1. The summed E-state index contributed by atoms with van der Waals surface area (Å²) in [5.41, 5.74) is 7.27. The van der Waals surface area contributed by atoms with E-state index in [1.807, 2.05) is 12.1 Å². The predicted octanol–water partition coefficient (Wildman–Crippen LogP) is 1.32. The van der Waals surface area contributed by atoms with E-state index in [0.717, 1.165) is 0 Å². The van der Waals surface area contributed by atoms with Gasteiger partial charge in [-0.05, 0) is 19.1 Å². The topological polar surface area (TPSA) is 82.2 Å². The summed E-state index contributed by atoms with van der Waals surface area (Å²) in [6.45, 7) is 2.62. The van der Waals surface area contributed by atoms with Gasteiger partial charge in [0.15, 0.2) is 0 Å². The van der Waals surface area contributed by atoms with Crippen LogP contribution in [0.2, 0.25) is 0 Å². The average Bonchev–Trinajstić information content (AvgIpc) is 2.77. The summed E-state index contributed by atoms with van der Waals surface area (Å²) in [5.74, 6) is 0.396. The zero-order chi connectivity index (χ0) is 14.5. The SMILES string of the molecule is Cc1nn(C)cc1C(=O)Nc1ccccc1OCCN. The molecule has 0 bridgehead atoms. The highest BCUT2D eigenvalue weighted by Gasteiger charge is 2.14. The van der Waals surface area contributed by atoms with Gasteiger partial charge in [-0.1, -0.05) is 12.1 Å². The molecule has 2 rings (SSSR count). The Morgan fingerprint density at radius 3 is 2.85 bits per heavy atom. The lowest BCUT2D eigenvalue weighted by atomic mass is 10.2. The molecular formula is C14H18N4O2. The number of nitrogens with two attached hydrogens (primary N) is 1. The minimum absolute atomic E-state index is 0.209. The summed E-state index contributed by atoms with van der Waals surface area (Å²) >= 11 is 0. The van der Waals surface area contributed by atoms with Crippen LogP contribution in [-0.4, -0.2) is 28.8 Å². The first-order valence-electron chi connectivity index (χ1n) is 6.35. The number of rotatable bonds is 5. The second-order valence-electron chi connectivity index (χ2n) is 4.39. The fraction of sp³-hybridized carbons (Fsp3) is 0.286. The lowest BCUT2D eigenvalue weighted by molar-refractivity contribution is 0.102. The average molecular weight is 274 g/mol. The lowest BCUT2D eigenvalue weighted by Gasteiger charge is -2.11. The number of nitrogens with zero attached hydrogens (tertiary/aromatic N) is 2. The first-order chi connectivity index (χ1) is 9.61. The predicted molar refractivity (Wildman–Crippen MR) is 76.9 cm³/mol. The molecule has 1 amide bonds. The minimum atomic E-state index is -0.209. The Morgan fingerprint density at radius 2 is 2.20 bits per heavy atom. The van der Waals surface area contributed by atoms with Crippen molar-refractivity contribution in [2.45, 2.75) is 6.92 Å². The molecule has 0 aliphatic rings. The van der Waals surface area contributed by atoms with Crippen LogP contribution in [0, 0.1) is 6.92 Å². The van der Waals surface area contributed by atoms with Crippen molar-refractivity contribution in [3.8, 4) is 5.75 Å². The minimum Gasteiger partial charge on any atom is -0.490 e. The molecule has 106 valence electrons. The van der Waals surface area contributed by atoms with Crippen LogP contribution in [0.3, 0.4) is 0 Å². The number of benzene rings is 1. The van der Waals surface area contributed by atoms with Gasteiger partial charge in [0.05, 0.1) is 16.9 Å². The lowest BCUT2D eigenvalue weighted by Crippen LogP contribution is -2.15. The summed E-state index contributed by atoms with van der Waals surface area (Å²) in [6.07, 6.45) is 1.69. The van der Waals surface area contributed by atoms with Crippen molar-refractivity contribution >= 4 is 11.6 Å². The van der Waals surface area contributed by atoms with Gasteiger partial charge in [-0.15, -0.1) is 0 Å². The maximum absolute atomic E-state index is 12.2. The fourth-order valence-corrected chi connectivity index (χ4v) is 1.88. The number of aryl methyl sites for hydroxylation is 2. The highest BCUT2D eigenvalue weighted by molar-refractivity contribution is 6.05. The van der Waals surface area contributed by atoms with Crippen molar-refractivity contribution in [3.05, 3.63) is 41.7 Å². The Morgan fingerprint density at radius 1 is 1.45 bits per heavy atom. The summed E-state index contributed by atoms with van der Waals surface area (Å²) in [5, 5.41) is 6.99. The number of amides is 1. The number of ether oxygens (including phenoxy) is 1. The molecule has 0 saturated carbocycles. The molecular weight excluding hydrogens is 256 g/mol. The van der Waals surface area contributed by atoms with Crippen LogP contribution in [0.15, 0.2) is 30.5 Å². The molecule has 3 N–H and O–H groups in total. The van der Waals surface area contributed by atoms with Gasteiger partial charge >= 0.3 is 0 Å². The number of para-hydroxylation sites is 2. The molecule has 6 nitrogen and oxygen atoms in total. The first-order valence-corrected chi connectivity index (χ1v) is 6.35. The van der Waals surface area contributed by atoms with Gasteiger partial charge in [0.1, 0.15) is 12.4 Å². The molecule has 1 aromatic heterocycles. The summed E-state index contributed by atoms with van der Waals surface area (Å²) in [7, 11) is 1.78. The third kappa shape index (κ3) is 3.16. The van der Waals surface area contributed by atoms with Crippen LogP contribution >= 0.6 is 0 Å². The van der Waals surface area contributed by atoms with E-state index in [1.54, 1.807) is 37.0 Å². The van der Waals surface area contributed by atoms with E-state index in [1.165, 1.54) is 0 Å². The van der Waals surface area contributed by atoms with Gasteiger partial charge in [-0.25, -0.2) is 0 Å². The van der Waals surface area contributed by atoms with Gasteiger partial charge in [-0.2, -0.15) is 5.10 Å². The third-order valence-corrected chi connectivity index (χ3v) is 2.77. The highest BCUT2D eigenvalue weighted by atomic mass is 16.5. The molecule has 0 aliphatic carbocycles. The number of carbonyl (C=O) groups excluding carboxylic acids is 1. The monoisotopic (exact) mass is 274 g/mol. The second-order valence-corrected chi connectivity index (χ2v) is 4.39. The molecule has 0 fully saturated rings. The molecule has 1 heterocycles. The highest BCUT2D eigenvalue weighted by Crippen LogP contribution is 2.24. The van der Waals surface area contributed by atoms with Gasteiger partial charge < -0.3 is 15.8 Å². The standard InChI is InChI=1S/C14H18N4O2/c1-10-11(9-18(2)17-10)14(19)16-12-5-3-4-6-13(12)20-8-7-15/h3-6,9H,7-8,15H2,1-2H3,(H,16,19). The number of nitrogens with one attached hydrogen (secondary N) is 1. The molecule has 0 atom stereocenters. The smallest absolute Gasteiger partial charge is 0.259 e. The third-order valence-electron chi connectivity index (χ3n) is 2.77. The van der Waals surface area contributed by atoms with E-state index < -0.39 is 0 Å². The molecule has 0 saturated heterocycles. The number of aromatic nitrogens is 2. The van der Waals surface area contributed by atoms with E-state index in [0.29, 0.717) is 35.8 Å². The molecule has 0 spiro atoms. The van der Waals surface area contributed by atoms with Crippen molar-refractivity contribution in [1.29, 1.82) is 0 Å². The van der Waals surface area contributed by atoms with Crippen molar-refractivity contribution in [3.63, 3.8) is 0 Å². The molecule has 1 aromatic carbocycles. The Hall–Kier alpha value is -2.34. The molecule has 0 unspecified atom stereocenters. The zero-order valence-corrected chi connectivity index (χ0v) is 11.6. The molecule has 20 heavy (non-hydrogen) atoms. The van der Waals surface area contributed by atoms with Gasteiger partial charge in [0, 0.05) is 19.8 Å². The van der Waals surface area contributed by atoms with Crippen molar-refractivity contribution in [1.82, 2.24) is 9.78 Å². The van der Waals surface area contributed by atoms with E-state index in [-0.39, 0.29) is 5.91 Å². The zero-order valence-electron chi connectivity index (χ0n) is 11.6. The molecule has 0 aliphatic heterocycles. The van der Waals surface area contributed by atoms with Crippen molar-refractivity contribution in [2.75, 3.05) is 18.5 Å². The van der Waals surface area contributed by atoms with Gasteiger partial charge in [0.2, 0.25) is 0 Å². The molecule has 2 aromatic rings. The second kappa shape index (κ2) is 6.21. The molecule has 0 radical (unpaired) electrons. The Labute approximate surface area is 117 Å². The van der Waals surface area contributed by atoms with E-state index in [4.69, 9.17) is 10.5 Å². The van der Waals surface area contributed by atoms with Crippen LogP contribution in [0.5, 0.6) is 5.75 Å². The summed E-state index contributed by atoms with van der Waals surface area (Å²) < 4.78 is 7.11. The van der Waals surface area contributed by atoms with Crippen LogP contribution in [-0.2, 0) is 7.05 Å². The Kier molecular flexibility index (Phi) is 4.37. The van der Waals surface area contributed by atoms with Crippen molar-refractivity contribution < 1.29 is 9.53 Å². The summed E-state index contributed by atoms with van der Waals surface area (Å²) in [4.78, 5) is 12.2. The number of hydrogen-bond donors (Lipinski definition) is 2. The molecule has 6 heteroatoms. The Bertz CT molecular complexity index is 607. The number of hydrogen-bond acceptors (Lipinski definition) is 4. The van der Waals surface area contributed by atoms with Crippen LogP contribution in [0.4, 0.5) is 5.69 Å². The van der Waals surface area contributed by atoms with E-state index in [2.05, 4.69) is 10.4 Å². The van der Waals surface area contributed by atoms with Crippen LogP contribution < -0.4 is 15.8 Å². The fourth-order valence-electron chi connectivity index (χ4n) is 1.88. The van der Waals surface area contributed by atoms with E-state index >= 15 is 0 Å². The quantitative estimate of drug-likeness (QED) is 0.861. The maximum atomic E-state index is 12.2. The maximum Gasteiger partial charge on any atom is 0.259 e. The number of carbonyl (C=O) groups is 1. The van der Waals surface area contributed by atoms with Gasteiger partial charge in [-0.3, -0.25) is 9.48 Å². The Balaban J connectivity index is 2.17. The first kappa shape index (κ1) is 14.1. The van der Waals surface area contributed by atoms with Gasteiger partial charge in [0.25, 0.3) is 5.91 Å². The van der Waals surface area contributed by atoms with Crippen LogP contribution in [0.1, 0.15) is 16.1 Å². The van der Waals surface area contributed by atoms with Crippen molar-refractivity contribution in [2.24, 2.45) is 12.8 Å². The normalized spacial score (nSPS) is 10.3. The van der Waals surface area contributed by atoms with Crippen LogP contribution in [0.25, 0.3) is 0 Å². The summed E-state index contributed by atoms with van der Waals surface area (Å²) in [6, 6.07) is 7.26.